The fourth-order valence-corrected chi connectivity index (χ4v) is 3.82. The van der Waals surface area contributed by atoms with Gasteiger partial charge < -0.3 is 19.1 Å². The standard InChI is InChI=1S/C23H23F2NO7S/c1-34(28,29)31-13-12-30-19-9-6-17(14-21(19)33-23(24)25)26-11-10-20(22(26)27)32-18-7-4-16(5-8-18)15-2-3-15/h4-10,14-15,23H,2-3,11-13H2,1H3. The molecule has 1 aliphatic heterocycles. The molecular formula is C23H23F2NO7S. The third-order valence-corrected chi connectivity index (χ3v) is 5.76. The molecule has 2 aromatic carbocycles. The maximum Gasteiger partial charge on any atom is 0.387 e. The van der Waals surface area contributed by atoms with Crippen LogP contribution in [0.25, 0.3) is 0 Å². The van der Waals surface area contributed by atoms with Gasteiger partial charge >= 0.3 is 6.61 Å². The minimum Gasteiger partial charge on any atom is -0.487 e. The molecule has 1 saturated carbocycles. The summed E-state index contributed by atoms with van der Waals surface area (Å²) in [5.41, 5.74) is 1.55. The van der Waals surface area contributed by atoms with Crippen molar-refractivity contribution in [3.63, 3.8) is 0 Å². The molecule has 8 nitrogen and oxygen atoms in total. The number of rotatable bonds is 11. The number of anilines is 1. The second kappa shape index (κ2) is 9.98. The van der Waals surface area contributed by atoms with Crippen LogP contribution in [0.15, 0.2) is 54.3 Å². The molecular weight excluding hydrogens is 472 g/mol. The summed E-state index contributed by atoms with van der Waals surface area (Å²) < 4.78 is 68.0. The normalized spacial score (nSPS) is 16.1. The lowest BCUT2D eigenvalue weighted by molar-refractivity contribution is -0.116. The highest BCUT2D eigenvalue weighted by Crippen LogP contribution is 2.40. The topological polar surface area (TPSA) is 91.4 Å². The van der Waals surface area contributed by atoms with E-state index < -0.39 is 22.6 Å². The Morgan fingerprint density at radius 1 is 1.06 bits per heavy atom. The molecule has 0 unspecified atom stereocenters. The van der Waals surface area contributed by atoms with Gasteiger partial charge in [0.05, 0.1) is 6.26 Å². The maximum atomic E-state index is 12.9. The smallest absolute Gasteiger partial charge is 0.387 e. The Balaban J connectivity index is 1.41. The lowest BCUT2D eigenvalue weighted by atomic mass is 10.1. The van der Waals surface area contributed by atoms with Gasteiger partial charge in [-0.25, -0.2) is 0 Å². The molecule has 4 rings (SSSR count). The van der Waals surface area contributed by atoms with E-state index in [1.54, 1.807) is 6.08 Å². The molecule has 1 amide bonds. The predicted octanol–water partition coefficient (Wildman–Crippen LogP) is 3.83. The van der Waals surface area contributed by atoms with Crippen molar-refractivity contribution in [2.75, 3.05) is 30.9 Å². The minimum atomic E-state index is -3.66. The van der Waals surface area contributed by atoms with Gasteiger partial charge in [-0.2, -0.15) is 17.2 Å². The van der Waals surface area contributed by atoms with Gasteiger partial charge in [-0.05, 0) is 54.7 Å². The van der Waals surface area contributed by atoms with Gasteiger partial charge in [-0.1, -0.05) is 12.1 Å². The summed E-state index contributed by atoms with van der Waals surface area (Å²) in [5.74, 6) is 0.504. The zero-order chi connectivity index (χ0) is 24.3. The van der Waals surface area contributed by atoms with Gasteiger partial charge in [-0.3, -0.25) is 8.98 Å². The number of nitrogens with zero attached hydrogens (tertiary/aromatic N) is 1. The molecule has 182 valence electrons. The van der Waals surface area contributed by atoms with Crippen molar-refractivity contribution >= 4 is 21.7 Å². The van der Waals surface area contributed by atoms with Crippen LogP contribution < -0.4 is 19.1 Å². The van der Waals surface area contributed by atoms with E-state index in [0.29, 0.717) is 17.4 Å². The third-order valence-electron chi connectivity index (χ3n) is 5.17. The average molecular weight is 496 g/mol. The second-order valence-electron chi connectivity index (χ2n) is 7.81. The van der Waals surface area contributed by atoms with E-state index in [4.69, 9.17) is 9.47 Å². The van der Waals surface area contributed by atoms with Crippen LogP contribution in [0.4, 0.5) is 14.5 Å². The molecule has 0 atom stereocenters. The van der Waals surface area contributed by atoms with Crippen LogP contribution >= 0.6 is 0 Å². The first-order valence-corrected chi connectivity index (χ1v) is 12.4. The molecule has 11 heteroatoms. The summed E-state index contributed by atoms with van der Waals surface area (Å²) in [6, 6.07) is 11.7. The van der Waals surface area contributed by atoms with Crippen LogP contribution in [0.2, 0.25) is 0 Å². The Bertz CT molecular complexity index is 1180. The summed E-state index contributed by atoms with van der Waals surface area (Å²) in [4.78, 5) is 14.2. The molecule has 0 aromatic heterocycles. The minimum absolute atomic E-state index is 0.0482. The van der Waals surface area contributed by atoms with Gasteiger partial charge in [0.25, 0.3) is 16.0 Å². The van der Waals surface area contributed by atoms with E-state index in [-0.39, 0.29) is 37.0 Å². The number of hydrogen-bond donors (Lipinski definition) is 0. The Kier molecular flexibility index (Phi) is 7.03. The fraction of sp³-hybridized carbons (Fsp3) is 0.348. The number of benzene rings is 2. The van der Waals surface area contributed by atoms with Crippen molar-refractivity contribution < 1.29 is 40.4 Å². The van der Waals surface area contributed by atoms with Crippen molar-refractivity contribution in [3.05, 3.63) is 59.9 Å². The van der Waals surface area contributed by atoms with E-state index in [1.165, 1.54) is 41.5 Å². The largest absolute Gasteiger partial charge is 0.487 e. The Hall–Kier alpha value is -3.18. The monoisotopic (exact) mass is 495 g/mol. The molecule has 0 N–H and O–H groups in total. The summed E-state index contributed by atoms with van der Waals surface area (Å²) in [6.45, 7) is -3.46. The average Bonchev–Trinajstić information content (AvgIpc) is 3.56. The number of carbonyl (C=O) groups excluding carboxylic acids is 1. The molecule has 0 radical (unpaired) electrons. The molecule has 2 aromatic rings. The lowest BCUT2D eigenvalue weighted by Crippen LogP contribution is -2.27. The van der Waals surface area contributed by atoms with Crippen molar-refractivity contribution in [2.24, 2.45) is 0 Å². The molecule has 1 fully saturated rings. The SMILES string of the molecule is CS(=O)(=O)OCCOc1ccc(N2CC=C(Oc3ccc(C4CC4)cc3)C2=O)cc1OC(F)F. The highest BCUT2D eigenvalue weighted by Gasteiger charge is 2.29. The van der Waals surface area contributed by atoms with Crippen molar-refractivity contribution in [3.8, 4) is 17.2 Å². The molecule has 1 aliphatic carbocycles. The van der Waals surface area contributed by atoms with E-state index >= 15 is 0 Å². The summed E-state index contributed by atoms with van der Waals surface area (Å²) in [7, 11) is -3.66. The van der Waals surface area contributed by atoms with E-state index in [1.807, 2.05) is 24.3 Å². The van der Waals surface area contributed by atoms with Gasteiger partial charge in [0.1, 0.15) is 19.0 Å². The first-order valence-electron chi connectivity index (χ1n) is 10.6. The zero-order valence-electron chi connectivity index (χ0n) is 18.3. The van der Waals surface area contributed by atoms with E-state index in [9.17, 15) is 22.0 Å². The van der Waals surface area contributed by atoms with Crippen molar-refractivity contribution in [1.82, 2.24) is 0 Å². The number of carbonyl (C=O) groups is 1. The van der Waals surface area contributed by atoms with Crippen LogP contribution in [0.3, 0.4) is 0 Å². The Labute approximate surface area is 195 Å². The van der Waals surface area contributed by atoms with Gasteiger partial charge in [0.15, 0.2) is 17.3 Å². The highest BCUT2D eigenvalue weighted by atomic mass is 32.2. The lowest BCUT2D eigenvalue weighted by Gasteiger charge is -2.19. The second-order valence-corrected chi connectivity index (χ2v) is 9.46. The van der Waals surface area contributed by atoms with Crippen LogP contribution in [-0.4, -0.2) is 47.0 Å². The van der Waals surface area contributed by atoms with Crippen molar-refractivity contribution in [2.45, 2.75) is 25.4 Å². The van der Waals surface area contributed by atoms with Crippen LogP contribution in [0, 0.1) is 0 Å². The molecule has 0 saturated heterocycles. The number of ether oxygens (including phenoxy) is 3. The first-order chi connectivity index (χ1) is 16.2. The van der Waals surface area contributed by atoms with Gasteiger partial charge in [0, 0.05) is 18.3 Å². The van der Waals surface area contributed by atoms with E-state index in [2.05, 4.69) is 8.92 Å². The molecule has 0 bridgehead atoms. The van der Waals surface area contributed by atoms with Crippen LogP contribution in [0.5, 0.6) is 17.2 Å². The molecule has 1 heterocycles. The number of alkyl halides is 2. The number of halogens is 2. The summed E-state index contributed by atoms with van der Waals surface area (Å²) in [6.07, 6.45) is 4.87. The predicted molar refractivity (Wildman–Crippen MR) is 119 cm³/mol. The van der Waals surface area contributed by atoms with Gasteiger partial charge in [-0.15, -0.1) is 0 Å². The quantitative estimate of drug-likeness (QED) is 0.346. The number of amides is 1. The summed E-state index contributed by atoms with van der Waals surface area (Å²) in [5, 5.41) is 0. The third kappa shape index (κ3) is 6.23. The first kappa shape index (κ1) is 24.0. The fourth-order valence-electron chi connectivity index (χ4n) is 3.45. The van der Waals surface area contributed by atoms with Crippen LogP contribution in [-0.2, 0) is 19.1 Å². The Morgan fingerprint density at radius 3 is 2.44 bits per heavy atom. The molecule has 2 aliphatic rings. The number of hydrogen-bond acceptors (Lipinski definition) is 7. The maximum absolute atomic E-state index is 12.9. The van der Waals surface area contributed by atoms with E-state index in [0.717, 1.165) is 6.26 Å². The Morgan fingerprint density at radius 2 is 1.79 bits per heavy atom. The summed E-state index contributed by atoms with van der Waals surface area (Å²) >= 11 is 0. The van der Waals surface area contributed by atoms with Crippen LogP contribution in [0.1, 0.15) is 24.3 Å². The molecule has 34 heavy (non-hydrogen) atoms. The van der Waals surface area contributed by atoms with Gasteiger partial charge in [0.2, 0.25) is 0 Å². The molecule has 0 spiro atoms. The van der Waals surface area contributed by atoms with Crippen molar-refractivity contribution in [1.29, 1.82) is 0 Å². The highest BCUT2D eigenvalue weighted by molar-refractivity contribution is 7.85. The zero-order valence-corrected chi connectivity index (χ0v) is 19.1.